The largest absolute Gasteiger partial charge is 0.399 e. The minimum Gasteiger partial charge on any atom is -0.399 e. The number of carbonyl (C=O) groups excluding carboxylic acids is 1. The molecule has 0 saturated heterocycles. The quantitative estimate of drug-likeness (QED) is 0.726. The van der Waals surface area contributed by atoms with Crippen LogP contribution in [0.25, 0.3) is 0 Å². The molecule has 0 aliphatic rings. The Bertz CT molecular complexity index is 408. The highest BCUT2D eigenvalue weighted by Crippen LogP contribution is 2.28. The number of aliphatic hydroxyl groups is 1. The molecule has 16 heavy (non-hydrogen) atoms. The van der Waals surface area contributed by atoms with Crippen LogP contribution >= 0.6 is 23.2 Å². The second-order valence-corrected chi connectivity index (χ2v) is 4.21. The van der Waals surface area contributed by atoms with Crippen LogP contribution in [0, 0.1) is 0 Å². The lowest BCUT2D eigenvalue weighted by Gasteiger charge is -2.09. The molecular weight excluding hydrogens is 251 g/mol. The van der Waals surface area contributed by atoms with Crippen LogP contribution in [0.4, 0.5) is 5.69 Å². The zero-order valence-corrected chi connectivity index (χ0v) is 10.1. The minimum atomic E-state index is -0.626. The van der Waals surface area contributed by atoms with E-state index in [-0.39, 0.29) is 22.2 Å². The van der Waals surface area contributed by atoms with Gasteiger partial charge in [0, 0.05) is 12.2 Å². The summed E-state index contributed by atoms with van der Waals surface area (Å²) < 4.78 is 0. The second-order valence-electron chi connectivity index (χ2n) is 3.42. The number of rotatable bonds is 3. The van der Waals surface area contributed by atoms with E-state index >= 15 is 0 Å². The lowest BCUT2D eigenvalue weighted by Crippen LogP contribution is -2.30. The summed E-state index contributed by atoms with van der Waals surface area (Å²) in [7, 11) is 0. The molecule has 1 aromatic carbocycles. The first-order valence-electron chi connectivity index (χ1n) is 4.62. The fourth-order valence-electron chi connectivity index (χ4n) is 1.11. The third-order valence-corrected chi connectivity index (χ3v) is 2.66. The molecule has 0 aliphatic carbocycles. The van der Waals surface area contributed by atoms with Crippen molar-refractivity contribution in [2.24, 2.45) is 0 Å². The highest BCUT2D eigenvalue weighted by atomic mass is 35.5. The molecule has 88 valence electrons. The smallest absolute Gasteiger partial charge is 0.253 e. The summed E-state index contributed by atoms with van der Waals surface area (Å²) in [6, 6.07) is 2.90. The van der Waals surface area contributed by atoms with Crippen LogP contribution < -0.4 is 11.1 Å². The highest BCUT2D eigenvalue weighted by molar-refractivity contribution is 6.44. The number of nitrogens with one attached hydrogen (secondary N) is 1. The molecule has 0 radical (unpaired) electrons. The second kappa shape index (κ2) is 5.39. The molecule has 6 heteroatoms. The monoisotopic (exact) mass is 262 g/mol. The molecule has 0 spiro atoms. The topological polar surface area (TPSA) is 75.3 Å². The number of carbonyl (C=O) groups is 1. The van der Waals surface area contributed by atoms with Crippen LogP contribution in [-0.4, -0.2) is 23.7 Å². The van der Waals surface area contributed by atoms with E-state index in [9.17, 15) is 4.79 Å². The fraction of sp³-hybridized carbons (Fsp3) is 0.300. The Morgan fingerprint density at radius 3 is 2.75 bits per heavy atom. The third-order valence-electron chi connectivity index (χ3n) is 1.85. The SMILES string of the molecule is CC(O)CNC(=O)c1cc(N)cc(Cl)c1Cl. The zero-order valence-electron chi connectivity index (χ0n) is 8.63. The number of nitrogens with two attached hydrogens (primary N) is 1. The molecule has 1 unspecified atom stereocenters. The van der Waals surface area contributed by atoms with Gasteiger partial charge in [0.05, 0.1) is 21.7 Å². The zero-order chi connectivity index (χ0) is 12.3. The molecule has 0 saturated carbocycles. The van der Waals surface area contributed by atoms with Gasteiger partial charge in [-0.2, -0.15) is 0 Å². The van der Waals surface area contributed by atoms with Gasteiger partial charge >= 0.3 is 0 Å². The maximum atomic E-state index is 11.7. The molecule has 4 nitrogen and oxygen atoms in total. The Balaban J connectivity index is 2.91. The van der Waals surface area contributed by atoms with Gasteiger partial charge in [0.2, 0.25) is 0 Å². The molecular formula is C10H12Cl2N2O2. The van der Waals surface area contributed by atoms with E-state index in [0.29, 0.717) is 5.69 Å². The van der Waals surface area contributed by atoms with Gasteiger partial charge in [-0.15, -0.1) is 0 Å². The molecule has 4 N–H and O–H groups in total. The molecule has 1 aromatic rings. The maximum absolute atomic E-state index is 11.7. The summed E-state index contributed by atoms with van der Waals surface area (Å²) in [6.07, 6.45) is -0.626. The number of aliphatic hydroxyl groups excluding tert-OH is 1. The first-order chi connectivity index (χ1) is 7.41. The molecule has 1 atom stereocenters. The fourth-order valence-corrected chi connectivity index (χ4v) is 1.53. The average Bonchev–Trinajstić information content (AvgIpc) is 2.19. The Morgan fingerprint density at radius 2 is 2.19 bits per heavy atom. The number of nitrogen functional groups attached to an aromatic ring is 1. The summed E-state index contributed by atoms with van der Waals surface area (Å²) in [5, 5.41) is 11.9. The average molecular weight is 263 g/mol. The first kappa shape index (κ1) is 13.1. The van der Waals surface area contributed by atoms with Crippen LogP contribution in [0.5, 0.6) is 0 Å². The third kappa shape index (κ3) is 3.27. The Labute approximate surface area is 103 Å². The Hall–Kier alpha value is -0.970. The van der Waals surface area contributed by atoms with Gasteiger partial charge in [0.1, 0.15) is 0 Å². The van der Waals surface area contributed by atoms with Crippen LogP contribution in [0.2, 0.25) is 10.0 Å². The predicted octanol–water partition coefficient (Wildman–Crippen LogP) is 1.69. The van der Waals surface area contributed by atoms with Gasteiger partial charge in [-0.3, -0.25) is 4.79 Å². The van der Waals surface area contributed by atoms with E-state index in [0.717, 1.165) is 0 Å². The lowest BCUT2D eigenvalue weighted by molar-refractivity contribution is 0.0924. The Morgan fingerprint density at radius 1 is 1.56 bits per heavy atom. The number of amides is 1. The van der Waals surface area contributed by atoms with Crippen LogP contribution in [-0.2, 0) is 0 Å². The van der Waals surface area contributed by atoms with Crippen molar-refractivity contribution in [2.45, 2.75) is 13.0 Å². The molecule has 1 amide bonds. The maximum Gasteiger partial charge on any atom is 0.253 e. The van der Waals surface area contributed by atoms with Crippen molar-refractivity contribution in [1.29, 1.82) is 0 Å². The molecule has 0 aromatic heterocycles. The van der Waals surface area contributed by atoms with E-state index in [4.69, 9.17) is 34.0 Å². The van der Waals surface area contributed by atoms with Crippen molar-refractivity contribution in [2.75, 3.05) is 12.3 Å². The normalized spacial score (nSPS) is 12.2. The van der Waals surface area contributed by atoms with Crippen molar-refractivity contribution in [3.63, 3.8) is 0 Å². The summed E-state index contributed by atoms with van der Waals surface area (Å²) in [5.74, 6) is -0.417. The number of benzene rings is 1. The standard InChI is InChI=1S/C10H12Cl2N2O2/c1-5(15)4-14-10(16)7-2-6(13)3-8(11)9(7)12/h2-3,5,15H,4,13H2,1H3,(H,14,16). The van der Waals surface area contributed by atoms with Gasteiger partial charge in [0.25, 0.3) is 5.91 Å². The molecule has 0 fully saturated rings. The van der Waals surface area contributed by atoms with Gasteiger partial charge in [-0.05, 0) is 19.1 Å². The van der Waals surface area contributed by atoms with Crippen LogP contribution in [0.15, 0.2) is 12.1 Å². The van der Waals surface area contributed by atoms with Gasteiger partial charge in [-0.25, -0.2) is 0 Å². The predicted molar refractivity (Wildman–Crippen MR) is 64.9 cm³/mol. The lowest BCUT2D eigenvalue weighted by atomic mass is 10.2. The Kier molecular flexibility index (Phi) is 4.41. The summed E-state index contributed by atoms with van der Waals surface area (Å²) >= 11 is 11.6. The van der Waals surface area contributed by atoms with Gasteiger partial charge < -0.3 is 16.2 Å². The van der Waals surface area contributed by atoms with Crippen molar-refractivity contribution >= 4 is 34.8 Å². The first-order valence-corrected chi connectivity index (χ1v) is 5.38. The van der Waals surface area contributed by atoms with Crippen LogP contribution in [0.3, 0.4) is 0 Å². The summed E-state index contributed by atoms with van der Waals surface area (Å²) in [5.41, 5.74) is 6.11. The van der Waals surface area contributed by atoms with Crippen molar-refractivity contribution in [3.05, 3.63) is 27.7 Å². The van der Waals surface area contributed by atoms with Crippen molar-refractivity contribution in [1.82, 2.24) is 5.32 Å². The van der Waals surface area contributed by atoms with E-state index in [1.165, 1.54) is 12.1 Å². The van der Waals surface area contributed by atoms with E-state index < -0.39 is 12.0 Å². The van der Waals surface area contributed by atoms with Crippen molar-refractivity contribution < 1.29 is 9.90 Å². The van der Waals surface area contributed by atoms with E-state index in [2.05, 4.69) is 5.32 Å². The number of hydrogen-bond acceptors (Lipinski definition) is 3. The van der Waals surface area contributed by atoms with Crippen molar-refractivity contribution in [3.8, 4) is 0 Å². The van der Waals surface area contributed by atoms with Crippen LogP contribution in [0.1, 0.15) is 17.3 Å². The molecule has 0 aliphatic heterocycles. The summed E-state index contributed by atoms with van der Waals surface area (Å²) in [6.45, 7) is 1.70. The van der Waals surface area contributed by atoms with Gasteiger partial charge in [-0.1, -0.05) is 23.2 Å². The summed E-state index contributed by atoms with van der Waals surface area (Å²) in [4.78, 5) is 11.7. The van der Waals surface area contributed by atoms with E-state index in [1.807, 2.05) is 0 Å². The number of anilines is 1. The molecule has 0 heterocycles. The molecule has 1 rings (SSSR count). The molecule has 0 bridgehead atoms. The number of hydrogen-bond donors (Lipinski definition) is 3. The van der Waals surface area contributed by atoms with Gasteiger partial charge in [0.15, 0.2) is 0 Å². The van der Waals surface area contributed by atoms with E-state index in [1.54, 1.807) is 6.92 Å². The number of halogens is 2. The highest BCUT2D eigenvalue weighted by Gasteiger charge is 2.14. The minimum absolute atomic E-state index is 0.140.